The monoisotopic (exact) mass is 319 g/mol. The number of aliphatic hydroxyl groups is 1. The molecule has 1 aromatic rings. The van der Waals surface area contributed by atoms with Gasteiger partial charge in [-0.3, -0.25) is 0 Å². The minimum atomic E-state index is -0.478. The number of carbonyl (C=O) groups excluding carboxylic acids is 1. The number of hydrogen-bond acceptors (Lipinski definition) is 3. The summed E-state index contributed by atoms with van der Waals surface area (Å²) in [4.78, 5) is 14.3. The Labute approximate surface area is 139 Å². The van der Waals surface area contributed by atoms with Gasteiger partial charge in [0.2, 0.25) is 0 Å². The summed E-state index contributed by atoms with van der Waals surface area (Å²) in [5.74, 6) is 0. The van der Waals surface area contributed by atoms with Crippen LogP contribution in [0.4, 0.5) is 16.2 Å². The maximum atomic E-state index is 11.9. The Morgan fingerprint density at radius 2 is 2.00 bits per heavy atom. The lowest BCUT2D eigenvalue weighted by Gasteiger charge is -2.23. The van der Waals surface area contributed by atoms with Crippen LogP contribution in [0, 0.1) is 0 Å². The second kappa shape index (κ2) is 9.40. The van der Waals surface area contributed by atoms with Crippen molar-refractivity contribution in [3.8, 4) is 0 Å². The first-order chi connectivity index (χ1) is 11.2. The lowest BCUT2D eigenvalue weighted by molar-refractivity contribution is 0.162. The van der Waals surface area contributed by atoms with Gasteiger partial charge in [-0.05, 0) is 37.5 Å². The van der Waals surface area contributed by atoms with Crippen LogP contribution in [-0.2, 0) is 0 Å². The third-order valence-electron chi connectivity index (χ3n) is 4.20. The molecule has 0 aliphatic carbocycles. The number of carbonyl (C=O) groups is 1. The minimum absolute atomic E-state index is 0.270. The van der Waals surface area contributed by atoms with Crippen LogP contribution < -0.4 is 15.5 Å². The summed E-state index contributed by atoms with van der Waals surface area (Å²) in [5, 5.41) is 15.2. The lowest BCUT2D eigenvalue weighted by Crippen LogP contribution is -2.35. The fraction of sp³-hybridized carbons (Fsp3) is 0.611. The van der Waals surface area contributed by atoms with E-state index in [1.807, 2.05) is 25.1 Å². The molecule has 5 nitrogen and oxygen atoms in total. The molecular formula is C18H29N3O2. The van der Waals surface area contributed by atoms with Crippen molar-refractivity contribution in [2.24, 2.45) is 0 Å². The Kier molecular flexibility index (Phi) is 7.20. The molecule has 0 radical (unpaired) electrons. The molecule has 1 aliphatic heterocycles. The molecular weight excluding hydrogens is 290 g/mol. The van der Waals surface area contributed by atoms with Gasteiger partial charge in [0.25, 0.3) is 0 Å². The van der Waals surface area contributed by atoms with E-state index in [2.05, 4.69) is 21.6 Å². The molecule has 2 rings (SSSR count). The molecule has 0 aromatic heterocycles. The highest BCUT2D eigenvalue weighted by Gasteiger charge is 2.11. The van der Waals surface area contributed by atoms with Crippen LogP contribution in [-0.4, -0.2) is 36.9 Å². The Hall–Kier alpha value is -1.75. The van der Waals surface area contributed by atoms with E-state index in [1.165, 1.54) is 25.7 Å². The van der Waals surface area contributed by atoms with Gasteiger partial charge in [0.15, 0.2) is 0 Å². The van der Waals surface area contributed by atoms with Crippen LogP contribution in [0.15, 0.2) is 24.3 Å². The lowest BCUT2D eigenvalue weighted by atomic mass is 10.2. The molecule has 2 amide bonds. The molecule has 1 atom stereocenters. The Bertz CT molecular complexity index is 485. The molecule has 5 heteroatoms. The van der Waals surface area contributed by atoms with E-state index in [1.54, 1.807) is 0 Å². The average Bonchev–Trinajstić information content (AvgIpc) is 2.83. The number of nitrogens with one attached hydrogen (secondary N) is 2. The Morgan fingerprint density at radius 1 is 1.26 bits per heavy atom. The third-order valence-corrected chi connectivity index (χ3v) is 4.20. The van der Waals surface area contributed by atoms with Crippen molar-refractivity contribution in [3.05, 3.63) is 24.3 Å². The quantitative estimate of drug-likeness (QED) is 0.753. The maximum Gasteiger partial charge on any atom is 0.319 e. The fourth-order valence-electron chi connectivity index (χ4n) is 2.93. The zero-order valence-electron chi connectivity index (χ0n) is 14.1. The van der Waals surface area contributed by atoms with Gasteiger partial charge in [0.05, 0.1) is 6.10 Å². The molecule has 1 heterocycles. The molecule has 1 fully saturated rings. The molecule has 3 N–H and O–H groups in total. The largest absolute Gasteiger partial charge is 0.391 e. The number of aliphatic hydroxyl groups excluding tert-OH is 1. The molecule has 0 spiro atoms. The molecule has 0 bridgehead atoms. The van der Waals surface area contributed by atoms with Gasteiger partial charge >= 0.3 is 6.03 Å². The van der Waals surface area contributed by atoms with Crippen molar-refractivity contribution in [2.75, 3.05) is 29.9 Å². The normalized spacial score (nSPS) is 16.5. The van der Waals surface area contributed by atoms with E-state index in [0.717, 1.165) is 30.9 Å². The van der Waals surface area contributed by atoms with Crippen LogP contribution in [0.5, 0.6) is 0 Å². The van der Waals surface area contributed by atoms with Crippen molar-refractivity contribution in [1.29, 1.82) is 0 Å². The minimum Gasteiger partial charge on any atom is -0.391 e. The number of rotatable bonds is 6. The van der Waals surface area contributed by atoms with Gasteiger partial charge in [-0.1, -0.05) is 32.3 Å². The highest BCUT2D eigenvalue weighted by molar-refractivity contribution is 5.89. The van der Waals surface area contributed by atoms with Crippen molar-refractivity contribution in [1.82, 2.24) is 5.32 Å². The molecule has 128 valence electrons. The summed E-state index contributed by atoms with van der Waals surface area (Å²) in [6.07, 6.45) is 6.19. The Morgan fingerprint density at radius 3 is 2.70 bits per heavy atom. The van der Waals surface area contributed by atoms with Crippen molar-refractivity contribution >= 4 is 17.4 Å². The summed E-state index contributed by atoms with van der Waals surface area (Å²) in [6, 6.07) is 7.71. The van der Waals surface area contributed by atoms with Crippen molar-refractivity contribution in [2.45, 2.75) is 51.6 Å². The number of nitrogens with zero attached hydrogens (tertiary/aromatic N) is 1. The van der Waals surface area contributed by atoms with E-state index in [0.29, 0.717) is 6.42 Å². The number of anilines is 2. The van der Waals surface area contributed by atoms with Crippen molar-refractivity contribution < 1.29 is 9.90 Å². The Balaban J connectivity index is 1.87. The molecule has 1 aliphatic rings. The summed E-state index contributed by atoms with van der Waals surface area (Å²) in [7, 11) is 0. The van der Waals surface area contributed by atoms with E-state index in [4.69, 9.17) is 0 Å². The number of amides is 2. The van der Waals surface area contributed by atoms with Gasteiger partial charge in [-0.2, -0.15) is 0 Å². The van der Waals surface area contributed by atoms with Crippen LogP contribution >= 0.6 is 0 Å². The van der Waals surface area contributed by atoms with Crippen LogP contribution in [0.2, 0.25) is 0 Å². The fourth-order valence-corrected chi connectivity index (χ4v) is 2.93. The summed E-state index contributed by atoms with van der Waals surface area (Å²) in [6.45, 7) is 4.46. The topological polar surface area (TPSA) is 64.6 Å². The maximum absolute atomic E-state index is 11.9. The third kappa shape index (κ3) is 6.10. The first kappa shape index (κ1) is 17.6. The second-order valence-corrected chi connectivity index (χ2v) is 6.23. The highest BCUT2D eigenvalue weighted by Crippen LogP contribution is 2.22. The van der Waals surface area contributed by atoms with Crippen LogP contribution in [0.1, 0.15) is 45.4 Å². The van der Waals surface area contributed by atoms with Gasteiger partial charge in [-0.25, -0.2) is 4.79 Å². The summed E-state index contributed by atoms with van der Waals surface area (Å²) >= 11 is 0. The second-order valence-electron chi connectivity index (χ2n) is 6.23. The predicted octanol–water partition coefficient (Wildman–Crippen LogP) is 3.35. The standard InChI is InChI=1S/C18H29N3O2/c1-2-8-17(22)14-19-18(23)20-15-9-7-10-16(13-15)21-11-5-3-4-6-12-21/h7,9-10,13,17,22H,2-6,8,11-12,14H2,1H3,(H2,19,20,23). The van der Waals surface area contributed by atoms with E-state index in [-0.39, 0.29) is 12.6 Å². The summed E-state index contributed by atoms with van der Waals surface area (Å²) in [5.41, 5.74) is 1.95. The van der Waals surface area contributed by atoms with Crippen molar-refractivity contribution in [3.63, 3.8) is 0 Å². The van der Waals surface area contributed by atoms with Gasteiger partial charge in [-0.15, -0.1) is 0 Å². The molecule has 1 saturated heterocycles. The molecule has 23 heavy (non-hydrogen) atoms. The first-order valence-corrected chi connectivity index (χ1v) is 8.77. The van der Waals surface area contributed by atoms with Crippen LogP contribution in [0.25, 0.3) is 0 Å². The van der Waals surface area contributed by atoms with Gasteiger partial charge < -0.3 is 20.6 Å². The highest BCUT2D eigenvalue weighted by atomic mass is 16.3. The van der Waals surface area contributed by atoms with E-state index >= 15 is 0 Å². The molecule has 1 aromatic carbocycles. The van der Waals surface area contributed by atoms with E-state index in [9.17, 15) is 9.90 Å². The zero-order valence-corrected chi connectivity index (χ0v) is 14.1. The SMILES string of the molecule is CCCC(O)CNC(=O)Nc1cccc(N2CCCCCC2)c1. The molecule has 1 unspecified atom stereocenters. The predicted molar refractivity (Wildman–Crippen MR) is 95.1 cm³/mol. The molecule has 0 saturated carbocycles. The van der Waals surface area contributed by atoms with Crippen LogP contribution in [0.3, 0.4) is 0 Å². The number of benzene rings is 1. The summed E-state index contributed by atoms with van der Waals surface area (Å²) < 4.78 is 0. The first-order valence-electron chi connectivity index (χ1n) is 8.77. The van der Waals surface area contributed by atoms with Gasteiger partial charge in [0.1, 0.15) is 0 Å². The zero-order chi connectivity index (χ0) is 16.5. The number of urea groups is 1. The average molecular weight is 319 g/mol. The van der Waals surface area contributed by atoms with E-state index < -0.39 is 6.10 Å². The number of hydrogen-bond donors (Lipinski definition) is 3. The van der Waals surface area contributed by atoms with Gasteiger partial charge in [0, 0.05) is 31.0 Å². The smallest absolute Gasteiger partial charge is 0.319 e.